The molecular weight excluding hydrogens is 272 g/mol. The highest BCUT2D eigenvalue weighted by atomic mass is 79.9. The molecule has 0 fully saturated rings. The smallest absolute Gasteiger partial charge is 0.338 e. The van der Waals surface area contributed by atoms with Gasteiger partial charge in [-0.1, -0.05) is 22.5 Å². The zero-order valence-electron chi connectivity index (χ0n) is 9.25. The van der Waals surface area contributed by atoms with Crippen molar-refractivity contribution in [3.63, 3.8) is 0 Å². The molecule has 0 saturated carbocycles. The molecule has 86 valence electrons. The van der Waals surface area contributed by atoms with Crippen LogP contribution >= 0.6 is 15.9 Å². The van der Waals surface area contributed by atoms with E-state index in [1.807, 2.05) is 13.0 Å². The van der Waals surface area contributed by atoms with E-state index in [-0.39, 0.29) is 0 Å². The molecule has 0 bridgehead atoms. The van der Waals surface area contributed by atoms with Gasteiger partial charge in [-0.2, -0.15) is 0 Å². The Hall–Kier alpha value is -1.29. The first kappa shape index (κ1) is 12.8. The molecule has 0 aliphatic rings. The molecule has 0 aliphatic heterocycles. The minimum atomic E-state index is -0.405. The minimum Gasteiger partial charge on any atom is -0.494 e. The second-order valence-electron chi connectivity index (χ2n) is 3.04. The molecule has 0 N–H and O–H groups in total. The summed E-state index contributed by atoms with van der Waals surface area (Å²) in [6, 6.07) is 5.28. The molecule has 4 heteroatoms. The summed E-state index contributed by atoms with van der Waals surface area (Å²) in [6.45, 7) is 6.15. The van der Waals surface area contributed by atoms with E-state index in [9.17, 15) is 4.79 Å². The second kappa shape index (κ2) is 5.70. The van der Waals surface area contributed by atoms with Crippen LogP contribution < -0.4 is 0 Å². The fourth-order valence-electron chi connectivity index (χ4n) is 1.29. The molecule has 0 aromatic heterocycles. The van der Waals surface area contributed by atoms with Gasteiger partial charge in [-0.25, -0.2) is 4.79 Å². The second-order valence-corrected chi connectivity index (χ2v) is 3.95. The Kier molecular flexibility index (Phi) is 4.55. The van der Waals surface area contributed by atoms with E-state index in [0.29, 0.717) is 23.5 Å². The molecule has 1 rings (SSSR count). The van der Waals surface area contributed by atoms with Gasteiger partial charge < -0.3 is 9.47 Å². The fraction of sp³-hybridized carbons (Fsp3) is 0.250. The number of hydrogen-bond acceptors (Lipinski definition) is 3. The molecule has 3 nitrogen and oxygen atoms in total. The maximum Gasteiger partial charge on any atom is 0.338 e. The maximum absolute atomic E-state index is 11.6. The molecule has 0 unspecified atom stereocenters. The molecule has 0 amide bonds. The SMILES string of the molecule is C=C(OCC)c1ccc(Br)cc1C(=O)OC. The fourth-order valence-corrected chi connectivity index (χ4v) is 1.65. The molecule has 0 radical (unpaired) electrons. The van der Waals surface area contributed by atoms with Crippen LogP contribution in [-0.4, -0.2) is 19.7 Å². The van der Waals surface area contributed by atoms with Crippen molar-refractivity contribution in [1.29, 1.82) is 0 Å². The average Bonchev–Trinajstić information content (AvgIpc) is 2.28. The monoisotopic (exact) mass is 284 g/mol. The van der Waals surface area contributed by atoms with E-state index in [2.05, 4.69) is 22.5 Å². The van der Waals surface area contributed by atoms with E-state index >= 15 is 0 Å². The van der Waals surface area contributed by atoms with Gasteiger partial charge in [0.15, 0.2) is 0 Å². The Morgan fingerprint density at radius 2 is 2.12 bits per heavy atom. The van der Waals surface area contributed by atoms with Gasteiger partial charge in [0.05, 0.1) is 19.3 Å². The highest BCUT2D eigenvalue weighted by molar-refractivity contribution is 9.10. The Balaban J connectivity index is 3.17. The third-order valence-electron chi connectivity index (χ3n) is 2.01. The quantitative estimate of drug-likeness (QED) is 0.629. The number of carbonyl (C=O) groups excluding carboxylic acids is 1. The lowest BCUT2D eigenvalue weighted by Crippen LogP contribution is -2.06. The number of rotatable bonds is 4. The van der Waals surface area contributed by atoms with Crippen molar-refractivity contribution in [3.8, 4) is 0 Å². The summed E-state index contributed by atoms with van der Waals surface area (Å²) in [5.74, 6) is 0.0625. The zero-order valence-corrected chi connectivity index (χ0v) is 10.8. The molecule has 1 aromatic rings. The summed E-state index contributed by atoms with van der Waals surface area (Å²) < 4.78 is 10.8. The third kappa shape index (κ3) is 2.85. The van der Waals surface area contributed by atoms with E-state index in [4.69, 9.17) is 9.47 Å². The van der Waals surface area contributed by atoms with Crippen molar-refractivity contribution >= 4 is 27.7 Å². The van der Waals surface area contributed by atoms with Crippen molar-refractivity contribution in [1.82, 2.24) is 0 Å². The highest BCUT2D eigenvalue weighted by Gasteiger charge is 2.15. The largest absolute Gasteiger partial charge is 0.494 e. The Morgan fingerprint density at radius 3 is 2.69 bits per heavy atom. The van der Waals surface area contributed by atoms with E-state index < -0.39 is 5.97 Å². The van der Waals surface area contributed by atoms with Crippen LogP contribution in [0, 0.1) is 0 Å². The number of carbonyl (C=O) groups is 1. The maximum atomic E-state index is 11.6. The normalized spacial score (nSPS) is 9.69. The van der Waals surface area contributed by atoms with Crippen LogP contribution in [0.5, 0.6) is 0 Å². The molecule has 16 heavy (non-hydrogen) atoms. The van der Waals surface area contributed by atoms with Crippen LogP contribution in [0.2, 0.25) is 0 Å². The first-order valence-corrected chi connectivity index (χ1v) is 5.59. The van der Waals surface area contributed by atoms with Crippen LogP contribution in [0.15, 0.2) is 29.3 Å². The number of halogens is 1. The van der Waals surface area contributed by atoms with Gasteiger partial charge in [-0.05, 0) is 25.1 Å². The van der Waals surface area contributed by atoms with Crippen LogP contribution in [0.4, 0.5) is 0 Å². The topological polar surface area (TPSA) is 35.5 Å². The number of hydrogen-bond donors (Lipinski definition) is 0. The summed E-state index contributed by atoms with van der Waals surface area (Å²) in [4.78, 5) is 11.6. The molecular formula is C12H13BrO3. The lowest BCUT2D eigenvalue weighted by Gasteiger charge is -2.11. The highest BCUT2D eigenvalue weighted by Crippen LogP contribution is 2.23. The predicted octanol–water partition coefficient (Wildman–Crippen LogP) is 3.24. The van der Waals surface area contributed by atoms with Gasteiger partial charge in [0.2, 0.25) is 0 Å². The van der Waals surface area contributed by atoms with Crippen LogP contribution in [0.25, 0.3) is 5.76 Å². The van der Waals surface area contributed by atoms with Crippen molar-refractivity contribution in [2.45, 2.75) is 6.92 Å². The molecule has 0 heterocycles. The van der Waals surface area contributed by atoms with Crippen molar-refractivity contribution in [2.75, 3.05) is 13.7 Å². The van der Waals surface area contributed by atoms with Crippen molar-refractivity contribution in [3.05, 3.63) is 40.4 Å². The van der Waals surface area contributed by atoms with E-state index in [1.54, 1.807) is 12.1 Å². The summed E-state index contributed by atoms with van der Waals surface area (Å²) in [6.07, 6.45) is 0. The van der Waals surface area contributed by atoms with Gasteiger partial charge in [0.25, 0.3) is 0 Å². The van der Waals surface area contributed by atoms with Crippen LogP contribution in [-0.2, 0) is 9.47 Å². The Labute approximate surface area is 103 Å². The minimum absolute atomic E-state index is 0.405. The number of esters is 1. The standard InChI is InChI=1S/C12H13BrO3/c1-4-16-8(2)10-6-5-9(13)7-11(10)12(14)15-3/h5-7H,2,4H2,1,3H3. The molecule has 0 atom stereocenters. The summed E-state index contributed by atoms with van der Waals surface area (Å²) in [7, 11) is 1.34. The summed E-state index contributed by atoms with van der Waals surface area (Å²) in [5.41, 5.74) is 1.09. The van der Waals surface area contributed by atoms with E-state index in [0.717, 1.165) is 4.47 Å². The molecule has 0 aliphatic carbocycles. The predicted molar refractivity (Wildman–Crippen MR) is 66.1 cm³/mol. The molecule has 0 spiro atoms. The third-order valence-corrected chi connectivity index (χ3v) is 2.50. The van der Waals surface area contributed by atoms with Crippen LogP contribution in [0.1, 0.15) is 22.8 Å². The summed E-state index contributed by atoms with van der Waals surface area (Å²) >= 11 is 3.30. The molecule has 1 aromatic carbocycles. The Morgan fingerprint density at radius 1 is 1.44 bits per heavy atom. The average molecular weight is 285 g/mol. The van der Waals surface area contributed by atoms with Crippen molar-refractivity contribution < 1.29 is 14.3 Å². The number of benzene rings is 1. The number of ether oxygens (including phenoxy) is 2. The van der Waals surface area contributed by atoms with Gasteiger partial charge in [0.1, 0.15) is 5.76 Å². The summed E-state index contributed by atoms with van der Waals surface area (Å²) in [5, 5.41) is 0. The van der Waals surface area contributed by atoms with E-state index in [1.165, 1.54) is 7.11 Å². The van der Waals surface area contributed by atoms with Crippen LogP contribution in [0.3, 0.4) is 0 Å². The lowest BCUT2D eigenvalue weighted by atomic mass is 10.1. The Bertz CT molecular complexity index is 413. The first-order valence-electron chi connectivity index (χ1n) is 4.80. The van der Waals surface area contributed by atoms with Crippen molar-refractivity contribution in [2.24, 2.45) is 0 Å². The first-order chi connectivity index (χ1) is 7.60. The van der Waals surface area contributed by atoms with Gasteiger partial charge >= 0.3 is 5.97 Å². The van der Waals surface area contributed by atoms with Gasteiger partial charge in [-0.3, -0.25) is 0 Å². The zero-order chi connectivity index (χ0) is 12.1. The molecule has 0 saturated heterocycles. The van der Waals surface area contributed by atoms with Gasteiger partial charge in [-0.15, -0.1) is 0 Å². The lowest BCUT2D eigenvalue weighted by molar-refractivity contribution is 0.0599. The van der Waals surface area contributed by atoms with Gasteiger partial charge in [0, 0.05) is 10.0 Å². The number of methoxy groups -OCH3 is 1.